The van der Waals surface area contributed by atoms with E-state index in [2.05, 4.69) is 21.3 Å². The highest BCUT2D eigenvalue weighted by Crippen LogP contribution is 2.29. The summed E-state index contributed by atoms with van der Waals surface area (Å²) < 4.78 is 2.09. The van der Waals surface area contributed by atoms with Crippen molar-refractivity contribution in [3.63, 3.8) is 0 Å². The van der Waals surface area contributed by atoms with Crippen LogP contribution in [0.15, 0.2) is 36.4 Å². The lowest BCUT2D eigenvalue weighted by Gasteiger charge is -2.34. The molecule has 5 nitrogen and oxygen atoms in total. The van der Waals surface area contributed by atoms with Gasteiger partial charge >= 0.3 is 0 Å². The number of hydrogen-bond donors (Lipinski definition) is 0. The van der Waals surface area contributed by atoms with E-state index in [1.54, 1.807) is 6.07 Å². The zero-order chi connectivity index (χ0) is 19.0. The minimum atomic E-state index is -0.157. The Kier molecular flexibility index (Phi) is 5.01. The Hall–Kier alpha value is -2.40. The molecule has 136 valence electrons. The molecule has 1 aromatic carbocycles. The Morgan fingerprint density at radius 1 is 1.31 bits per heavy atom. The SMILES string of the molecule is C=C(C)/C=C(\C)c1nnc2n1CCN(C(=O)c1ccc(C)c(Cl)c1)C2C. The van der Waals surface area contributed by atoms with Crippen LogP contribution in [0.4, 0.5) is 0 Å². The van der Waals surface area contributed by atoms with Gasteiger partial charge in [0.05, 0.1) is 6.04 Å². The molecule has 2 heterocycles. The van der Waals surface area contributed by atoms with Gasteiger partial charge in [-0.3, -0.25) is 4.79 Å². The number of hydrogen-bond acceptors (Lipinski definition) is 3. The number of halogens is 1. The lowest BCUT2D eigenvalue weighted by atomic mass is 10.1. The van der Waals surface area contributed by atoms with Crippen LogP contribution in [-0.4, -0.2) is 32.1 Å². The number of carbonyl (C=O) groups is 1. The molecule has 6 heteroatoms. The largest absolute Gasteiger partial charge is 0.327 e. The zero-order valence-electron chi connectivity index (χ0n) is 15.6. The van der Waals surface area contributed by atoms with E-state index in [4.69, 9.17) is 11.6 Å². The topological polar surface area (TPSA) is 51.0 Å². The van der Waals surface area contributed by atoms with Crippen LogP contribution >= 0.6 is 11.6 Å². The van der Waals surface area contributed by atoms with Crippen LogP contribution in [0.3, 0.4) is 0 Å². The summed E-state index contributed by atoms with van der Waals surface area (Å²) in [6.45, 7) is 13.0. The van der Waals surface area contributed by atoms with Gasteiger partial charge in [0.25, 0.3) is 5.91 Å². The number of benzene rings is 1. The summed E-state index contributed by atoms with van der Waals surface area (Å²) in [5.41, 5.74) is 3.54. The van der Waals surface area contributed by atoms with Gasteiger partial charge < -0.3 is 9.47 Å². The van der Waals surface area contributed by atoms with Crippen molar-refractivity contribution < 1.29 is 4.79 Å². The molecule has 1 amide bonds. The van der Waals surface area contributed by atoms with Crippen molar-refractivity contribution in [3.8, 4) is 0 Å². The molecule has 0 saturated carbocycles. The maximum absolute atomic E-state index is 13.0. The summed E-state index contributed by atoms with van der Waals surface area (Å²) >= 11 is 6.18. The zero-order valence-corrected chi connectivity index (χ0v) is 16.3. The first kappa shape index (κ1) is 18.4. The fourth-order valence-corrected chi connectivity index (χ4v) is 3.46. The lowest BCUT2D eigenvalue weighted by molar-refractivity contribution is 0.0637. The van der Waals surface area contributed by atoms with Crippen LogP contribution in [0.2, 0.25) is 5.02 Å². The third-order valence-electron chi connectivity index (χ3n) is 4.68. The summed E-state index contributed by atoms with van der Waals surface area (Å²) in [5.74, 6) is 1.59. The third kappa shape index (κ3) is 3.31. The molecule has 2 aromatic rings. The summed E-state index contributed by atoms with van der Waals surface area (Å²) in [5, 5.41) is 9.29. The second-order valence-corrected chi connectivity index (χ2v) is 7.25. The fourth-order valence-electron chi connectivity index (χ4n) is 3.28. The molecule has 1 unspecified atom stereocenters. The molecule has 1 aliphatic heterocycles. The quantitative estimate of drug-likeness (QED) is 0.750. The number of nitrogens with zero attached hydrogens (tertiary/aromatic N) is 4. The summed E-state index contributed by atoms with van der Waals surface area (Å²) in [6, 6.07) is 5.27. The summed E-state index contributed by atoms with van der Waals surface area (Å²) in [6.07, 6.45) is 1.99. The molecule has 1 atom stereocenters. The molecule has 0 aliphatic carbocycles. The smallest absolute Gasteiger partial charge is 0.254 e. The van der Waals surface area contributed by atoms with Crippen LogP contribution in [0.5, 0.6) is 0 Å². The van der Waals surface area contributed by atoms with Crippen molar-refractivity contribution in [1.29, 1.82) is 0 Å². The van der Waals surface area contributed by atoms with E-state index >= 15 is 0 Å². The van der Waals surface area contributed by atoms with Crippen LogP contribution in [0, 0.1) is 6.92 Å². The molecule has 26 heavy (non-hydrogen) atoms. The van der Waals surface area contributed by atoms with Crippen molar-refractivity contribution in [1.82, 2.24) is 19.7 Å². The second-order valence-electron chi connectivity index (χ2n) is 6.85. The second kappa shape index (κ2) is 7.08. The molecule has 0 fully saturated rings. The Morgan fingerprint density at radius 3 is 2.69 bits per heavy atom. The Bertz CT molecular complexity index is 913. The lowest BCUT2D eigenvalue weighted by Crippen LogP contribution is -2.41. The monoisotopic (exact) mass is 370 g/mol. The molecular weight excluding hydrogens is 348 g/mol. The van der Waals surface area contributed by atoms with Gasteiger partial charge in [-0.1, -0.05) is 35.9 Å². The van der Waals surface area contributed by atoms with Crippen molar-refractivity contribution in [3.05, 3.63) is 64.2 Å². The highest BCUT2D eigenvalue weighted by molar-refractivity contribution is 6.31. The number of amides is 1. The van der Waals surface area contributed by atoms with E-state index in [1.807, 2.05) is 50.8 Å². The first-order valence-corrected chi connectivity index (χ1v) is 9.01. The molecule has 0 bridgehead atoms. The number of aromatic nitrogens is 3. The predicted octanol–water partition coefficient (Wildman–Crippen LogP) is 4.44. The molecular formula is C20H23ClN4O. The number of allylic oxidation sites excluding steroid dienone is 3. The van der Waals surface area contributed by atoms with Gasteiger partial charge in [-0.15, -0.1) is 10.2 Å². The molecule has 1 aromatic heterocycles. The van der Waals surface area contributed by atoms with Crippen molar-refractivity contribution in [2.75, 3.05) is 6.54 Å². The average molecular weight is 371 g/mol. The molecule has 1 aliphatic rings. The number of fused-ring (bicyclic) bond motifs is 1. The van der Waals surface area contributed by atoms with Crippen molar-refractivity contribution >= 4 is 23.1 Å². The van der Waals surface area contributed by atoms with Crippen LogP contribution in [-0.2, 0) is 6.54 Å². The highest BCUT2D eigenvalue weighted by Gasteiger charge is 2.32. The van der Waals surface area contributed by atoms with E-state index < -0.39 is 0 Å². The molecule has 0 radical (unpaired) electrons. The van der Waals surface area contributed by atoms with E-state index in [9.17, 15) is 4.79 Å². The van der Waals surface area contributed by atoms with E-state index in [1.165, 1.54) is 0 Å². The van der Waals surface area contributed by atoms with Gasteiger partial charge in [0, 0.05) is 23.7 Å². The van der Waals surface area contributed by atoms with Gasteiger partial charge in [0.2, 0.25) is 0 Å². The maximum atomic E-state index is 13.0. The van der Waals surface area contributed by atoms with Crippen LogP contribution in [0.25, 0.3) is 5.57 Å². The molecule has 0 saturated heterocycles. The Balaban J connectivity index is 1.90. The fraction of sp³-hybridized carbons (Fsp3) is 0.350. The van der Waals surface area contributed by atoms with Gasteiger partial charge in [-0.25, -0.2) is 0 Å². The number of aryl methyl sites for hydroxylation is 1. The van der Waals surface area contributed by atoms with E-state index in [-0.39, 0.29) is 11.9 Å². The Labute approximate surface area is 159 Å². The maximum Gasteiger partial charge on any atom is 0.254 e. The third-order valence-corrected chi connectivity index (χ3v) is 5.09. The highest BCUT2D eigenvalue weighted by atomic mass is 35.5. The van der Waals surface area contributed by atoms with Gasteiger partial charge in [-0.2, -0.15) is 0 Å². The van der Waals surface area contributed by atoms with E-state index in [0.717, 1.165) is 28.4 Å². The number of rotatable bonds is 3. The van der Waals surface area contributed by atoms with Crippen molar-refractivity contribution in [2.24, 2.45) is 0 Å². The normalized spacial score (nSPS) is 17.2. The van der Waals surface area contributed by atoms with Gasteiger partial charge in [-0.05, 0) is 51.0 Å². The van der Waals surface area contributed by atoms with E-state index in [0.29, 0.717) is 23.7 Å². The van der Waals surface area contributed by atoms with Crippen LogP contribution in [0.1, 0.15) is 54.4 Å². The minimum Gasteiger partial charge on any atom is -0.327 e. The first-order chi connectivity index (χ1) is 12.3. The van der Waals surface area contributed by atoms with Gasteiger partial charge in [0.15, 0.2) is 11.6 Å². The standard InChI is InChI=1S/C20H23ClN4O/c1-12(2)10-14(4)18-22-23-19-15(5)24(8-9-25(18)19)20(26)16-7-6-13(3)17(21)11-16/h6-7,10-11,15H,1,8-9H2,2-5H3/b14-10+. The van der Waals surface area contributed by atoms with Crippen LogP contribution < -0.4 is 0 Å². The first-order valence-electron chi connectivity index (χ1n) is 8.64. The molecule has 0 N–H and O–H groups in total. The molecule has 0 spiro atoms. The summed E-state index contributed by atoms with van der Waals surface area (Å²) in [7, 11) is 0. The predicted molar refractivity (Wildman–Crippen MR) is 104 cm³/mol. The minimum absolute atomic E-state index is 0.0376. The number of carbonyl (C=O) groups excluding carboxylic acids is 1. The Morgan fingerprint density at radius 2 is 2.04 bits per heavy atom. The summed E-state index contributed by atoms with van der Waals surface area (Å²) in [4.78, 5) is 14.8. The molecule has 3 rings (SSSR count). The van der Waals surface area contributed by atoms with Gasteiger partial charge in [0.1, 0.15) is 0 Å². The average Bonchev–Trinajstić information content (AvgIpc) is 3.01. The van der Waals surface area contributed by atoms with Crippen molar-refractivity contribution in [2.45, 2.75) is 40.3 Å².